The van der Waals surface area contributed by atoms with Crippen LogP contribution in [0.2, 0.25) is 0 Å². The van der Waals surface area contributed by atoms with Gasteiger partial charge in [-0.2, -0.15) is 0 Å². The number of imidazole rings is 1. The first-order valence-electron chi connectivity index (χ1n) is 28.7. The molecule has 6 rings (SSSR count). The Balaban J connectivity index is 0.00000319. The van der Waals surface area contributed by atoms with Crippen molar-refractivity contribution >= 4 is 76.0 Å². The molecule has 0 spiro atoms. The van der Waals surface area contributed by atoms with Gasteiger partial charge in [-0.1, -0.05) is 58.0 Å². The van der Waals surface area contributed by atoms with E-state index in [0.717, 1.165) is 17.8 Å². The predicted molar refractivity (Wildman–Crippen MR) is 314 cm³/mol. The fraction of sp³-hybridized carbons (Fsp3) is 0.517. The molecule has 462 valence electrons. The number of guanidine groups is 1. The number of nitrogens with two attached hydrogens (primary N) is 2. The highest BCUT2D eigenvalue weighted by molar-refractivity contribution is 5.99. The summed E-state index contributed by atoms with van der Waals surface area (Å²) in [6, 6.07) is 4.08. The number of aromatic nitrogens is 3. The minimum absolute atomic E-state index is 0.0488. The van der Waals surface area contributed by atoms with Crippen molar-refractivity contribution in [3.05, 3.63) is 84.1 Å². The van der Waals surface area contributed by atoms with Crippen LogP contribution in [-0.2, 0) is 67.2 Å². The maximum Gasteiger partial charge on any atom is 0.300 e. The minimum atomic E-state index is -1.41. The van der Waals surface area contributed by atoms with E-state index in [0.29, 0.717) is 49.2 Å². The molecule has 4 heterocycles. The van der Waals surface area contributed by atoms with Crippen molar-refractivity contribution in [3.8, 4) is 5.75 Å². The van der Waals surface area contributed by atoms with Crippen molar-refractivity contribution in [1.82, 2.24) is 62.4 Å². The summed E-state index contributed by atoms with van der Waals surface area (Å²) in [4.78, 5) is 151. The minimum Gasteiger partial charge on any atom is -0.508 e. The number of benzene rings is 2. The molecule has 8 atom stereocenters. The highest BCUT2D eigenvalue weighted by Gasteiger charge is 2.40. The van der Waals surface area contributed by atoms with Crippen LogP contribution in [0.1, 0.15) is 110 Å². The van der Waals surface area contributed by atoms with Gasteiger partial charge in [0, 0.05) is 81.2 Å². The third-order valence-electron chi connectivity index (χ3n) is 14.1. The number of carbonyl (C=O) groups is 10. The number of aliphatic imine (C=N–C) groups is 1. The van der Waals surface area contributed by atoms with Crippen LogP contribution in [0.5, 0.6) is 5.75 Å². The van der Waals surface area contributed by atoms with Crippen LogP contribution in [-0.4, -0.2) is 163 Å². The number of aromatic amines is 2. The van der Waals surface area contributed by atoms with E-state index < -0.39 is 95.7 Å². The quantitative estimate of drug-likeness (QED) is 0.0196. The molecule has 2 aliphatic rings. The average molecular weight is 1180 g/mol. The summed E-state index contributed by atoms with van der Waals surface area (Å²) in [5.41, 5.74) is 13.5. The molecule has 27 heteroatoms. The molecule has 0 radical (unpaired) electrons. The molecule has 85 heavy (non-hydrogen) atoms. The average Bonchev–Trinajstić information content (AvgIpc) is 3.61. The number of carboxylic acid groups (broad SMARTS) is 1. The molecule has 2 aliphatic heterocycles. The lowest BCUT2D eigenvalue weighted by Crippen LogP contribution is -2.61. The van der Waals surface area contributed by atoms with Crippen LogP contribution in [0.15, 0.2) is 72.2 Å². The first-order chi connectivity index (χ1) is 40.4. The lowest BCUT2D eigenvalue weighted by Gasteiger charge is -2.31. The van der Waals surface area contributed by atoms with Crippen molar-refractivity contribution in [1.29, 1.82) is 0 Å². The molecule has 2 fully saturated rings. The summed E-state index contributed by atoms with van der Waals surface area (Å²) in [5.74, 6) is -6.76. The number of hydrogen-bond acceptors (Lipinski definition) is 13. The molecule has 2 aromatic carbocycles. The van der Waals surface area contributed by atoms with E-state index in [1.54, 1.807) is 25.3 Å². The molecule has 0 bridgehead atoms. The molecule has 0 aliphatic carbocycles. The molecule has 2 saturated heterocycles. The Morgan fingerprint density at radius 1 is 0.729 bits per heavy atom. The summed E-state index contributed by atoms with van der Waals surface area (Å²) < 4.78 is 0. The second-order valence-corrected chi connectivity index (χ2v) is 22.1. The van der Waals surface area contributed by atoms with Gasteiger partial charge >= 0.3 is 0 Å². The highest BCUT2D eigenvalue weighted by Crippen LogP contribution is 2.22. The van der Waals surface area contributed by atoms with Crippen molar-refractivity contribution in [3.63, 3.8) is 0 Å². The van der Waals surface area contributed by atoms with E-state index in [1.165, 1.54) is 29.6 Å². The standard InChI is InChI=1S/C56H79N15O10.C2H4O2/c1-6-60-54(80)46-14-10-22-71(46)55(81)40(13-9-21-61-56(57)58)65-49(75)41(23-31(2)3)66-50(76)42(24-32(4)5)67-51(77)43(25-33-15-17-36(72)18-16-33)68-52(78)44(26-34-28-62-38-12-8-7-11-37(34)38)69-53(79)45(27-35-29-59-30-63-35)70-48(74)39-19-20-47(73)64-39;1-2(3)4/h7-8,11-12,15-18,28-32,39-46,62,72H,6,9-10,13-14,19-27H2,1-5H3,(H,59,63)(H,60,80)(H,64,73)(H,65,75)(H,66,76)(H,67,77)(H,68,78)(H,69,79)(H,70,74)(H4,57,58,61);1H3,(H,3,4)/t39-,40-,41-,42+,43-,44-,45-,46-;/m0./s1. The summed E-state index contributed by atoms with van der Waals surface area (Å²) in [6.07, 6.45) is 6.30. The van der Waals surface area contributed by atoms with E-state index >= 15 is 0 Å². The van der Waals surface area contributed by atoms with Crippen molar-refractivity contribution in [2.45, 2.75) is 161 Å². The molecule has 9 amide bonds. The highest BCUT2D eigenvalue weighted by atomic mass is 16.4. The number of aliphatic carboxylic acids is 1. The zero-order valence-corrected chi connectivity index (χ0v) is 49.0. The summed E-state index contributed by atoms with van der Waals surface area (Å²) in [7, 11) is 0. The van der Waals surface area contributed by atoms with E-state index in [4.69, 9.17) is 21.4 Å². The first-order valence-corrected chi connectivity index (χ1v) is 28.7. The third-order valence-corrected chi connectivity index (χ3v) is 14.1. The van der Waals surface area contributed by atoms with Crippen LogP contribution in [0.25, 0.3) is 10.9 Å². The third kappa shape index (κ3) is 21.3. The largest absolute Gasteiger partial charge is 0.508 e. The fourth-order valence-corrected chi connectivity index (χ4v) is 10.0. The maximum absolute atomic E-state index is 14.9. The number of likely N-dealkylation sites (N-methyl/N-ethyl adjacent to an activating group) is 1. The second kappa shape index (κ2) is 32.7. The van der Waals surface area contributed by atoms with Crippen molar-refractivity contribution in [2.75, 3.05) is 19.6 Å². The number of H-pyrrole nitrogens is 2. The Morgan fingerprint density at radius 3 is 1.85 bits per heavy atom. The number of fused-ring (bicyclic) bond motifs is 1. The number of nitrogens with one attached hydrogen (secondary N) is 10. The Kier molecular flexibility index (Phi) is 25.7. The number of rotatable bonds is 29. The van der Waals surface area contributed by atoms with E-state index in [-0.39, 0.29) is 93.3 Å². The Morgan fingerprint density at radius 2 is 1.29 bits per heavy atom. The number of amides is 9. The second-order valence-electron chi connectivity index (χ2n) is 22.1. The number of carbonyl (C=O) groups excluding carboxylic acids is 9. The molecule has 0 saturated carbocycles. The number of phenolic OH excluding ortho intramolecular Hbond substituents is 1. The van der Waals surface area contributed by atoms with E-state index in [2.05, 4.69) is 62.5 Å². The number of likely N-dealkylation sites (tertiary alicyclic amines) is 1. The Labute approximate surface area is 493 Å². The summed E-state index contributed by atoms with van der Waals surface area (Å²) >= 11 is 0. The number of nitrogens with zero attached hydrogens (tertiary/aromatic N) is 3. The molecular weight excluding hydrogens is 1100 g/mol. The van der Waals surface area contributed by atoms with Gasteiger partial charge in [0.15, 0.2) is 5.96 Å². The van der Waals surface area contributed by atoms with Gasteiger partial charge in [0.05, 0.1) is 6.33 Å². The van der Waals surface area contributed by atoms with Crippen LogP contribution in [0.3, 0.4) is 0 Å². The molecular formula is C58H83N15O12. The van der Waals surface area contributed by atoms with E-state index in [1.807, 2.05) is 52.0 Å². The van der Waals surface area contributed by atoms with Gasteiger partial charge in [0.1, 0.15) is 54.1 Å². The van der Waals surface area contributed by atoms with Gasteiger partial charge in [-0.05, 0) is 93.0 Å². The molecule has 4 aromatic rings. The van der Waals surface area contributed by atoms with Crippen LogP contribution in [0, 0.1) is 11.8 Å². The zero-order chi connectivity index (χ0) is 62.3. The Bertz CT molecular complexity index is 2960. The molecule has 16 N–H and O–H groups in total. The number of phenols is 1. The van der Waals surface area contributed by atoms with Crippen LogP contribution in [0.4, 0.5) is 0 Å². The normalized spacial score (nSPS) is 16.7. The monoisotopic (exact) mass is 1180 g/mol. The number of hydrogen-bond donors (Lipinski definition) is 14. The fourth-order valence-electron chi connectivity index (χ4n) is 10.0. The summed E-state index contributed by atoms with van der Waals surface area (Å²) in [6.45, 7) is 11.1. The zero-order valence-electron chi connectivity index (χ0n) is 49.0. The molecule has 0 unspecified atom stereocenters. The Hall–Kier alpha value is -9.04. The van der Waals surface area contributed by atoms with Gasteiger partial charge < -0.3 is 79.1 Å². The van der Waals surface area contributed by atoms with E-state index in [9.17, 15) is 48.3 Å². The molecule has 2 aromatic heterocycles. The lowest BCUT2D eigenvalue weighted by atomic mass is 9.98. The van der Waals surface area contributed by atoms with Crippen LogP contribution >= 0.6 is 0 Å². The van der Waals surface area contributed by atoms with Crippen molar-refractivity contribution in [2.24, 2.45) is 28.3 Å². The number of carboxylic acids is 1. The number of para-hydroxylation sites is 1. The van der Waals surface area contributed by atoms with Gasteiger partial charge in [-0.3, -0.25) is 52.9 Å². The SMILES string of the molecule is CC(=O)O.CCNC(=O)[C@@H]1CCCN1C(=O)[C@H](CCCN=C(N)N)NC(=O)[C@H](CC(C)C)NC(=O)[C@@H](CC(C)C)NC(=O)[C@H](Cc1ccc(O)cc1)NC(=O)[C@H](Cc1c[nH]c2ccccc12)NC(=O)[C@H](Cc1cnc[nH]1)NC(=O)[C@@H]1CCC(=O)N1. The van der Waals surface area contributed by atoms with Gasteiger partial charge in [0.2, 0.25) is 53.2 Å². The van der Waals surface area contributed by atoms with Crippen LogP contribution < -0.4 is 54.0 Å². The van der Waals surface area contributed by atoms with Gasteiger partial charge in [-0.25, -0.2) is 4.98 Å². The lowest BCUT2D eigenvalue weighted by molar-refractivity contribution is -0.142. The van der Waals surface area contributed by atoms with Crippen molar-refractivity contribution < 1.29 is 58.2 Å². The smallest absolute Gasteiger partial charge is 0.300 e. The van der Waals surface area contributed by atoms with Gasteiger partial charge in [-0.15, -0.1) is 0 Å². The predicted octanol–water partition coefficient (Wildman–Crippen LogP) is 0.176. The first kappa shape index (κ1) is 66.8. The maximum atomic E-state index is 14.9. The summed E-state index contributed by atoms with van der Waals surface area (Å²) in [5, 5.41) is 40.7. The topological polar surface area (TPSA) is 420 Å². The van der Waals surface area contributed by atoms with Gasteiger partial charge in [0.25, 0.3) is 5.97 Å². The number of aromatic hydroxyl groups is 1. The molecule has 27 nitrogen and oxygen atoms in total.